The number of rotatable bonds is 6. The van der Waals surface area contributed by atoms with E-state index in [0.717, 1.165) is 37.1 Å². The van der Waals surface area contributed by atoms with Crippen molar-refractivity contribution in [2.45, 2.75) is 19.4 Å². The molecule has 2 aromatic rings. The molecule has 0 aliphatic carbocycles. The second kappa shape index (κ2) is 9.19. The molecule has 1 heterocycles. The number of halogens is 1. The van der Waals surface area contributed by atoms with Gasteiger partial charge >= 0.3 is 0 Å². The Morgan fingerprint density at radius 2 is 1.69 bits per heavy atom. The molecule has 0 bridgehead atoms. The van der Waals surface area contributed by atoms with Crippen LogP contribution >= 0.6 is 15.9 Å². The van der Waals surface area contributed by atoms with E-state index in [0.29, 0.717) is 12.6 Å². The van der Waals surface area contributed by atoms with Crippen molar-refractivity contribution in [3.63, 3.8) is 0 Å². The molecule has 4 nitrogen and oxygen atoms in total. The van der Waals surface area contributed by atoms with Crippen LogP contribution in [0.25, 0.3) is 0 Å². The lowest BCUT2D eigenvalue weighted by Crippen LogP contribution is -2.87. The van der Waals surface area contributed by atoms with Crippen LogP contribution in [0.1, 0.15) is 24.9 Å². The molecule has 0 aromatic heterocycles. The van der Waals surface area contributed by atoms with Gasteiger partial charge in [0.15, 0.2) is 6.54 Å². The van der Waals surface area contributed by atoms with Gasteiger partial charge in [0.25, 0.3) is 5.91 Å². The number of nitrogens with zero attached hydrogens (tertiary/aromatic N) is 2. The first-order valence-electron chi connectivity index (χ1n) is 9.34. The quantitative estimate of drug-likeness (QED) is 0.786. The van der Waals surface area contributed by atoms with Crippen molar-refractivity contribution in [2.75, 3.05) is 37.6 Å². The Morgan fingerprint density at radius 3 is 2.31 bits per heavy atom. The van der Waals surface area contributed by atoms with E-state index < -0.39 is 0 Å². The van der Waals surface area contributed by atoms with E-state index in [1.165, 1.54) is 11.3 Å². The van der Waals surface area contributed by atoms with E-state index in [9.17, 15) is 4.79 Å². The van der Waals surface area contributed by atoms with Crippen LogP contribution in [0.2, 0.25) is 0 Å². The maximum Gasteiger partial charge on any atom is 0.277 e. The van der Waals surface area contributed by atoms with Gasteiger partial charge in [0, 0.05) is 48.3 Å². The number of anilines is 1. The first kappa shape index (κ1) is 18.9. The zero-order valence-electron chi connectivity index (χ0n) is 15.3. The zero-order valence-corrected chi connectivity index (χ0v) is 16.9. The second-order valence-electron chi connectivity index (χ2n) is 6.71. The Labute approximate surface area is 164 Å². The molecule has 0 spiro atoms. The predicted octanol–water partition coefficient (Wildman–Crippen LogP) is 2.81. The van der Waals surface area contributed by atoms with Crippen molar-refractivity contribution < 1.29 is 10.1 Å². The molecule has 0 radical (unpaired) electrons. The molecule has 3 rings (SSSR count). The Hall–Kier alpha value is -1.85. The average molecular weight is 417 g/mol. The molecular formula is C21H27BrN3O+. The monoisotopic (exact) mass is 416 g/mol. The van der Waals surface area contributed by atoms with Gasteiger partial charge in [-0.25, -0.2) is 0 Å². The van der Waals surface area contributed by atoms with Crippen LogP contribution in [0, 0.1) is 0 Å². The average Bonchev–Trinajstić information content (AvgIpc) is 2.70. The zero-order chi connectivity index (χ0) is 18.4. The summed E-state index contributed by atoms with van der Waals surface area (Å²) in [5.41, 5.74) is 2.52. The number of hydrogen-bond acceptors (Lipinski definition) is 2. The summed E-state index contributed by atoms with van der Waals surface area (Å²) in [6, 6.07) is 19.2. The molecule has 1 aliphatic rings. The number of para-hydroxylation sites is 1. The highest BCUT2D eigenvalue weighted by Gasteiger charge is 2.23. The van der Waals surface area contributed by atoms with E-state index in [1.807, 2.05) is 11.0 Å². The van der Waals surface area contributed by atoms with Gasteiger partial charge in [-0.3, -0.25) is 4.79 Å². The summed E-state index contributed by atoms with van der Waals surface area (Å²) in [5.74, 6) is 0.244. The van der Waals surface area contributed by atoms with Gasteiger partial charge in [0.1, 0.15) is 6.04 Å². The van der Waals surface area contributed by atoms with Crippen LogP contribution in [0.4, 0.5) is 5.69 Å². The van der Waals surface area contributed by atoms with Crippen molar-refractivity contribution in [3.05, 3.63) is 64.6 Å². The molecule has 1 fully saturated rings. The normalized spacial score (nSPS) is 15.8. The van der Waals surface area contributed by atoms with Gasteiger partial charge < -0.3 is 15.1 Å². The topological polar surface area (TPSA) is 40.2 Å². The number of carbonyl (C=O) groups is 1. The summed E-state index contributed by atoms with van der Waals surface area (Å²) in [5, 5.41) is 2.18. The smallest absolute Gasteiger partial charge is 0.277 e. The Kier molecular flexibility index (Phi) is 6.69. The van der Waals surface area contributed by atoms with E-state index in [2.05, 4.69) is 81.6 Å². The lowest BCUT2D eigenvalue weighted by Gasteiger charge is -2.36. The van der Waals surface area contributed by atoms with Crippen molar-refractivity contribution in [2.24, 2.45) is 0 Å². The van der Waals surface area contributed by atoms with Crippen LogP contribution in [0.5, 0.6) is 0 Å². The van der Waals surface area contributed by atoms with Gasteiger partial charge in [-0.2, -0.15) is 0 Å². The molecule has 2 N–H and O–H groups in total. The molecule has 1 saturated heterocycles. The van der Waals surface area contributed by atoms with Crippen molar-refractivity contribution >= 4 is 27.5 Å². The summed E-state index contributed by atoms with van der Waals surface area (Å²) in [7, 11) is 0. The molecular weight excluding hydrogens is 390 g/mol. The van der Waals surface area contributed by atoms with Crippen LogP contribution in [-0.4, -0.2) is 43.5 Å². The highest BCUT2D eigenvalue weighted by Crippen LogP contribution is 2.17. The fourth-order valence-corrected chi connectivity index (χ4v) is 3.74. The van der Waals surface area contributed by atoms with E-state index in [4.69, 9.17) is 0 Å². The molecule has 1 atom stereocenters. The highest BCUT2D eigenvalue weighted by atomic mass is 79.9. The molecule has 1 aliphatic heterocycles. The Balaban J connectivity index is 1.48. The molecule has 0 unspecified atom stereocenters. The number of nitrogens with two attached hydrogens (primary N) is 1. The Morgan fingerprint density at radius 1 is 1.04 bits per heavy atom. The SMILES string of the molecule is CC[C@H]([NH2+]CC(=O)N1CCN(c2ccccc2)CC1)c1ccc(Br)cc1. The number of amides is 1. The standard InChI is InChI=1S/C21H26BrN3O/c1-2-20(17-8-10-18(22)11-9-17)23-16-21(26)25-14-12-24(13-15-25)19-6-4-3-5-7-19/h3-11,20,23H,2,12-16H2,1H3/p+1/t20-/m0/s1. The van der Waals surface area contributed by atoms with Crippen LogP contribution in [0.15, 0.2) is 59.1 Å². The molecule has 5 heteroatoms. The summed E-state index contributed by atoms with van der Waals surface area (Å²) in [6.07, 6.45) is 1.01. The van der Waals surface area contributed by atoms with Crippen LogP contribution in [-0.2, 0) is 4.79 Å². The lowest BCUT2D eigenvalue weighted by atomic mass is 10.0. The molecule has 138 valence electrons. The predicted molar refractivity (Wildman–Crippen MR) is 109 cm³/mol. The minimum absolute atomic E-state index is 0.244. The fourth-order valence-electron chi connectivity index (χ4n) is 3.47. The third-order valence-electron chi connectivity index (χ3n) is 5.07. The first-order valence-corrected chi connectivity index (χ1v) is 10.1. The number of piperazine rings is 1. The van der Waals surface area contributed by atoms with Gasteiger partial charge in [-0.05, 0) is 24.3 Å². The van der Waals surface area contributed by atoms with Gasteiger partial charge in [0.05, 0.1) is 0 Å². The molecule has 2 aromatic carbocycles. The largest absolute Gasteiger partial charge is 0.368 e. The minimum Gasteiger partial charge on any atom is -0.368 e. The maximum atomic E-state index is 12.6. The highest BCUT2D eigenvalue weighted by molar-refractivity contribution is 9.10. The molecule has 0 saturated carbocycles. The van der Waals surface area contributed by atoms with E-state index in [-0.39, 0.29) is 5.91 Å². The number of hydrogen-bond donors (Lipinski definition) is 1. The van der Waals surface area contributed by atoms with Crippen molar-refractivity contribution in [1.82, 2.24) is 4.90 Å². The lowest BCUT2D eigenvalue weighted by molar-refractivity contribution is -0.686. The second-order valence-corrected chi connectivity index (χ2v) is 7.63. The Bertz CT molecular complexity index is 697. The molecule has 26 heavy (non-hydrogen) atoms. The van der Waals surface area contributed by atoms with E-state index >= 15 is 0 Å². The van der Waals surface area contributed by atoms with Crippen molar-refractivity contribution in [3.8, 4) is 0 Å². The molecule has 1 amide bonds. The summed E-state index contributed by atoms with van der Waals surface area (Å²) in [4.78, 5) is 17.0. The van der Waals surface area contributed by atoms with E-state index in [1.54, 1.807) is 0 Å². The summed E-state index contributed by atoms with van der Waals surface area (Å²) < 4.78 is 1.09. The van der Waals surface area contributed by atoms with Gasteiger partial charge in [-0.15, -0.1) is 0 Å². The number of quaternary nitrogens is 1. The number of benzene rings is 2. The third-order valence-corrected chi connectivity index (χ3v) is 5.60. The van der Waals surface area contributed by atoms with Crippen molar-refractivity contribution in [1.29, 1.82) is 0 Å². The fraction of sp³-hybridized carbons (Fsp3) is 0.381. The summed E-state index contributed by atoms with van der Waals surface area (Å²) in [6.45, 7) is 6.10. The van der Waals surface area contributed by atoms with Crippen LogP contribution < -0.4 is 10.2 Å². The number of carbonyl (C=O) groups excluding carboxylic acids is 1. The maximum absolute atomic E-state index is 12.6. The van der Waals surface area contributed by atoms with Gasteiger partial charge in [0.2, 0.25) is 0 Å². The first-order chi connectivity index (χ1) is 12.7. The third kappa shape index (κ3) is 4.86. The summed E-state index contributed by atoms with van der Waals surface area (Å²) >= 11 is 3.48. The van der Waals surface area contributed by atoms with Crippen LogP contribution in [0.3, 0.4) is 0 Å². The van der Waals surface area contributed by atoms with Gasteiger partial charge in [-0.1, -0.05) is 53.2 Å². The minimum atomic E-state index is 0.244.